The minimum atomic E-state index is -0.321. The molecule has 1 unspecified atom stereocenters. The van der Waals surface area contributed by atoms with Crippen LogP contribution in [0.1, 0.15) is 36.3 Å². The molecule has 3 aromatic rings. The molecular weight excluding hydrogens is 378 g/mol. The van der Waals surface area contributed by atoms with E-state index in [-0.39, 0.29) is 23.8 Å². The van der Waals surface area contributed by atoms with E-state index in [0.29, 0.717) is 25.1 Å². The molecular formula is C24H27N3O3. The average Bonchev–Trinajstić information content (AvgIpc) is 3.30. The Kier molecular flexibility index (Phi) is 7.38. The summed E-state index contributed by atoms with van der Waals surface area (Å²) in [6.07, 6.45) is 4.10. The molecule has 0 fully saturated rings. The van der Waals surface area contributed by atoms with Crippen LogP contribution in [0.2, 0.25) is 0 Å². The number of imidazole rings is 1. The number of esters is 1. The quantitative estimate of drug-likeness (QED) is 0.527. The van der Waals surface area contributed by atoms with Crippen LogP contribution in [0, 0.1) is 5.92 Å². The normalized spacial score (nSPS) is 12.7. The molecule has 6 heteroatoms. The molecule has 1 amide bonds. The zero-order valence-corrected chi connectivity index (χ0v) is 17.3. The van der Waals surface area contributed by atoms with Gasteiger partial charge in [0.05, 0.1) is 18.9 Å². The molecule has 0 aliphatic heterocycles. The van der Waals surface area contributed by atoms with Gasteiger partial charge in [-0.05, 0) is 36.5 Å². The summed E-state index contributed by atoms with van der Waals surface area (Å²) in [7, 11) is 0. The number of nitrogens with one attached hydrogen (secondary N) is 2. The predicted octanol–water partition coefficient (Wildman–Crippen LogP) is 4.01. The summed E-state index contributed by atoms with van der Waals surface area (Å²) in [4.78, 5) is 31.4. The summed E-state index contributed by atoms with van der Waals surface area (Å²) in [5, 5.41) is 3.01. The Balaban J connectivity index is 1.72. The molecule has 2 atom stereocenters. The van der Waals surface area contributed by atoms with E-state index in [9.17, 15) is 9.59 Å². The maximum atomic E-state index is 12.5. The molecule has 156 valence electrons. The Labute approximate surface area is 176 Å². The lowest BCUT2D eigenvalue weighted by Gasteiger charge is -2.21. The third-order valence-electron chi connectivity index (χ3n) is 4.94. The summed E-state index contributed by atoms with van der Waals surface area (Å²) in [5.74, 6) is -0.841. The highest BCUT2D eigenvalue weighted by Crippen LogP contribution is 2.21. The van der Waals surface area contributed by atoms with Crippen LogP contribution in [0.5, 0.6) is 0 Å². The van der Waals surface area contributed by atoms with Gasteiger partial charge in [0.1, 0.15) is 5.69 Å². The summed E-state index contributed by atoms with van der Waals surface area (Å²) < 4.78 is 5.13. The van der Waals surface area contributed by atoms with Crippen LogP contribution in [0.3, 0.4) is 0 Å². The van der Waals surface area contributed by atoms with Gasteiger partial charge in [0.15, 0.2) is 0 Å². The van der Waals surface area contributed by atoms with Crippen LogP contribution in [-0.4, -0.2) is 34.5 Å². The highest BCUT2D eigenvalue weighted by atomic mass is 16.5. The first-order chi connectivity index (χ1) is 14.6. The van der Waals surface area contributed by atoms with Crippen LogP contribution in [0.15, 0.2) is 67.1 Å². The van der Waals surface area contributed by atoms with Gasteiger partial charge < -0.3 is 15.0 Å². The van der Waals surface area contributed by atoms with Crippen molar-refractivity contribution in [3.05, 3.63) is 78.4 Å². The van der Waals surface area contributed by atoms with Crippen molar-refractivity contribution >= 4 is 11.9 Å². The molecule has 0 aliphatic carbocycles. The maximum absolute atomic E-state index is 12.5. The fraction of sp³-hybridized carbons (Fsp3) is 0.292. The van der Waals surface area contributed by atoms with Gasteiger partial charge in [-0.25, -0.2) is 4.98 Å². The van der Waals surface area contributed by atoms with E-state index in [1.54, 1.807) is 13.1 Å². The van der Waals surface area contributed by atoms with Crippen molar-refractivity contribution in [3.63, 3.8) is 0 Å². The average molecular weight is 405 g/mol. The highest BCUT2D eigenvalue weighted by Gasteiger charge is 2.23. The van der Waals surface area contributed by atoms with E-state index in [0.717, 1.165) is 16.7 Å². The molecule has 30 heavy (non-hydrogen) atoms. The van der Waals surface area contributed by atoms with Crippen LogP contribution >= 0.6 is 0 Å². The molecule has 0 bridgehead atoms. The van der Waals surface area contributed by atoms with Gasteiger partial charge in [-0.2, -0.15) is 0 Å². The second-order valence-electron chi connectivity index (χ2n) is 7.28. The number of nitrogens with zero attached hydrogens (tertiary/aromatic N) is 1. The molecule has 1 heterocycles. The van der Waals surface area contributed by atoms with E-state index >= 15 is 0 Å². The SMILES string of the molecule is CCOC(=O)[C@H](C)CC(Cc1ccc(-c2ccccc2)cc1)NC(=O)c1c[nH]cn1. The number of amides is 1. The van der Waals surface area contributed by atoms with E-state index in [1.165, 1.54) is 6.33 Å². The number of H-pyrrole nitrogens is 1. The lowest BCUT2D eigenvalue weighted by molar-refractivity contribution is -0.147. The number of carbonyl (C=O) groups excluding carboxylic acids is 2. The molecule has 3 rings (SSSR count). The Hall–Kier alpha value is -3.41. The van der Waals surface area contributed by atoms with Crippen LogP contribution < -0.4 is 5.32 Å². The molecule has 1 aromatic heterocycles. The number of rotatable bonds is 9. The zero-order valence-electron chi connectivity index (χ0n) is 17.3. The van der Waals surface area contributed by atoms with Gasteiger partial charge in [0.2, 0.25) is 0 Å². The Morgan fingerprint density at radius 3 is 2.40 bits per heavy atom. The third-order valence-corrected chi connectivity index (χ3v) is 4.94. The summed E-state index contributed by atoms with van der Waals surface area (Å²) in [5.41, 5.74) is 3.70. The molecule has 6 nitrogen and oxygen atoms in total. The van der Waals surface area contributed by atoms with Gasteiger partial charge >= 0.3 is 5.97 Å². The van der Waals surface area contributed by atoms with Crippen molar-refractivity contribution in [1.29, 1.82) is 0 Å². The fourth-order valence-electron chi connectivity index (χ4n) is 3.39. The molecule has 0 saturated heterocycles. The van der Waals surface area contributed by atoms with Gasteiger partial charge in [0.25, 0.3) is 5.91 Å². The molecule has 0 aliphatic rings. The fourth-order valence-corrected chi connectivity index (χ4v) is 3.39. The van der Waals surface area contributed by atoms with E-state index in [4.69, 9.17) is 4.74 Å². The number of benzene rings is 2. The Morgan fingerprint density at radius 1 is 1.07 bits per heavy atom. The van der Waals surface area contributed by atoms with Gasteiger partial charge in [0, 0.05) is 12.2 Å². The number of carbonyl (C=O) groups is 2. The van der Waals surface area contributed by atoms with Crippen molar-refractivity contribution in [3.8, 4) is 11.1 Å². The van der Waals surface area contributed by atoms with Crippen LogP contribution in [0.25, 0.3) is 11.1 Å². The molecule has 2 N–H and O–H groups in total. The number of aromatic amines is 1. The number of aromatic nitrogens is 2. The third kappa shape index (κ3) is 5.80. The minimum absolute atomic E-state index is 0.226. The largest absolute Gasteiger partial charge is 0.466 e. The first-order valence-corrected chi connectivity index (χ1v) is 10.2. The van der Waals surface area contributed by atoms with Gasteiger partial charge in [-0.3, -0.25) is 9.59 Å². The lowest BCUT2D eigenvalue weighted by atomic mass is 9.94. The predicted molar refractivity (Wildman–Crippen MR) is 116 cm³/mol. The highest BCUT2D eigenvalue weighted by molar-refractivity contribution is 5.92. The van der Waals surface area contributed by atoms with Crippen LogP contribution in [-0.2, 0) is 16.0 Å². The minimum Gasteiger partial charge on any atom is -0.466 e. The second-order valence-corrected chi connectivity index (χ2v) is 7.28. The lowest BCUT2D eigenvalue weighted by Crippen LogP contribution is -2.39. The van der Waals surface area contributed by atoms with Gasteiger partial charge in [-0.1, -0.05) is 61.5 Å². The smallest absolute Gasteiger partial charge is 0.308 e. The van der Waals surface area contributed by atoms with Gasteiger partial charge in [-0.15, -0.1) is 0 Å². The Morgan fingerprint density at radius 2 is 1.77 bits per heavy atom. The number of ether oxygens (including phenoxy) is 1. The van der Waals surface area contributed by atoms with E-state index < -0.39 is 0 Å². The molecule has 0 radical (unpaired) electrons. The van der Waals surface area contributed by atoms with Crippen molar-refractivity contribution in [1.82, 2.24) is 15.3 Å². The van der Waals surface area contributed by atoms with E-state index in [2.05, 4.69) is 51.7 Å². The summed E-state index contributed by atoms with van der Waals surface area (Å²) >= 11 is 0. The summed E-state index contributed by atoms with van der Waals surface area (Å²) in [6.45, 7) is 3.95. The summed E-state index contributed by atoms with van der Waals surface area (Å²) in [6, 6.07) is 18.2. The van der Waals surface area contributed by atoms with Crippen molar-refractivity contribution in [2.45, 2.75) is 32.7 Å². The van der Waals surface area contributed by atoms with Crippen molar-refractivity contribution < 1.29 is 14.3 Å². The second kappa shape index (κ2) is 10.4. The van der Waals surface area contributed by atoms with Crippen LogP contribution in [0.4, 0.5) is 0 Å². The topological polar surface area (TPSA) is 84.1 Å². The number of hydrogen-bond donors (Lipinski definition) is 2. The van der Waals surface area contributed by atoms with Crippen molar-refractivity contribution in [2.75, 3.05) is 6.61 Å². The van der Waals surface area contributed by atoms with Crippen molar-refractivity contribution in [2.24, 2.45) is 5.92 Å². The maximum Gasteiger partial charge on any atom is 0.308 e. The number of hydrogen-bond acceptors (Lipinski definition) is 4. The zero-order chi connectivity index (χ0) is 21.3. The van der Waals surface area contributed by atoms with E-state index in [1.807, 2.05) is 25.1 Å². The molecule has 0 saturated carbocycles. The first-order valence-electron chi connectivity index (χ1n) is 10.2. The molecule has 2 aromatic carbocycles. The monoisotopic (exact) mass is 405 g/mol. The Bertz CT molecular complexity index is 938. The standard InChI is InChI=1S/C24H27N3O3/c1-3-30-24(29)17(2)13-21(27-23(28)22-15-25-16-26-22)14-18-9-11-20(12-10-18)19-7-5-4-6-8-19/h4-12,15-17,21H,3,13-14H2,1-2H3,(H,25,26)(H,27,28)/t17-,21?/m1/s1. The molecule has 0 spiro atoms. The first kappa shape index (κ1) is 21.3.